The summed E-state index contributed by atoms with van der Waals surface area (Å²) in [4.78, 5) is 0. The van der Waals surface area contributed by atoms with Gasteiger partial charge in [0.1, 0.15) is 24.2 Å². The summed E-state index contributed by atoms with van der Waals surface area (Å²) in [5.41, 5.74) is 2.43. The molecule has 0 fully saturated rings. The third kappa shape index (κ3) is 5.48. The summed E-state index contributed by atoms with van der Waals surface area (Å²) in [5, 5.41) is 3.45. The van der Waals surface area contributed by atoms with Gasteiger partial charge in [-0.2, -0.15) is 0 Å². The molecule has 1 N–H and O–H groups in total. The normalized spacial score (nSPS) is 16.1. The average Bonchev–Trinajstić information content (AvgIpc) is 2.66. The lowest BCUT2D eigenvalue weighted by atomic mass is 10.0. The third-order valence-electron chi connectivity index (χ3n) is 4.39. The maximum absolute atomic E-state index is 6.16. The van der Waals surface area contributed by atoms with Crippen molar-refractivity contribution in [3.05, 3.63) is 59.7 Å². The molecule has 0 radical (unpaired) electrons. The zero-order valence-electron chi connectivity index (χ0n) is 14.9. The lowest BCUT2D eigenvalue weighted by Crippen LogP contribution is -2.34. The highest BCUT2D eigenvalue weighted by Crippen LogP contribution is 2.31. The first kappa shape index (κ1) is 17.8. The quantitative estimate of drug-likeness (QED) is 0.708. The molecule has 2 aromatic carbocycles. The van der Waals surface area contributed by atoms with Crippen molar-refractivity contribution >= 4 is 0 Å². The lowest BCUT2D eigenvalue weighted by molar-refractivity contribution is 0.164. The summed E-state index contributed by atoms with van der Waals surface area (Å²) < 4.78 is 17.1. The van der Waals surface area contributed by atoms with Gasteiger partial charge in [-0.1, -0.05) is 36.4 Å². The molecular formula is C21H27NO3. The molecule has 1 aliphatic heterocycles. The molecule has 0 saturated heterocycles. The number of hydrogen-bond donors (Lipinski definition) is 1. The van der Waals surface area contributed by atoms with Gasteiger partial charge in [0.15, 0.2) is 0 Å². The number of hydrogen-bond acceptors (Lipinski definition) is 4. The minimum Gasteiger partial charge on any atom is -0.489 e. The summed E-state index contributed by atoms with van der Waals surface area (Å²) in [6.07, 6.45) is 3.35. The van der Waals surface area contributed by atoms with Crippen LogP contribution in [0.1, 0.15) is 24.0 Å². The van der Waals surface area contributed by atoms with Crippen LogP contribution in [0.4, 0.5) is 0 Å². The Bertz CT molecular complexity index is 645. The first-order chi connectivity index (χ1) is 12.3. The molecule has 4 heteroatoms. The molecule has 3 rings (SSSR count). The number of rotatable bonds is 9. The van der Waals surface area contributed by atoms with Crippen LogP contribution < -0.4 is 14.8 Å². The fourth-order valence-corrected chi connectivity index (χ4v) is 2.99. The van der Waals surface area contributed by atoms with Crippen LogP contribution in [-0.4, -0.2) is 32.9 Å². The van der Waals surface area contributed by atoms with Gasteiger partial charge < -0.3 is 19.5 Å². The van der Waals surface area contributed by atoms with Crippen molar-refractivity contribution in [2.75, 3.05) is 26.8 Å². The Morgan fingerprint density at radius 2 is 2.04 bits per heavy atom. The molecule has 1 aliphatic rings. The maximum Gasteiger partial charge on any atom is 0.126 e. The Morgan fingerprint density at radius 3 is 2.88 bits per heavy atom. The third-order valence-corrected chi connectivity index (χ3v) is 4.39. The molecule has 0 spiro atoms. The van der Waals surface area contributed by atoms with Crippen LogP contribution in [0, 0.1) is 0 Å². The molecule has 0 aromatic heterocycles. The van der Waals surface area contributed by atoms with E-state index in [1.165, 1.54) is 11.1 Å². The van der Waals surface area contributed by atoms with E-state index in [-0.39, 0.29) is 6.10 Å². The summed E-state index contributed by atoms with van der Waals surface area (Å²) in [6, 6.07) is 16.4. The fourth-order valence-electron chi connectivity index (χ4n) is 2.99. The minimum atomic E-state index is 0.222. The SMILES string of the molecule is COCCCNC[C@H]1CCc2ccc(OCc3ccccc3)cc2O1. The van der Waals surface area contributed by atoms with Crippen LogP contribution in [-0.2, 0) is 17.8 Å². The van der Waals surface area contributed by atoms with Crippen molar-refractivity contribution in [3.8, 4) is 11.5 Å². The van der Waals surface area contributed by atoms with E-state index in [1.54, 1.807) is 7.11 Å². The van der Waals surface area contributed by atoms with E-state index in [1.807, 2.05) is 30.3 Å². The average molecular weight is 341 g/mol. The molecular weight excluding hydrogens is 314 g/mol. The van der Waals surface area contributed by atoms with Gasteiger partial charge in [-0.3, -0.25) is 0 Å². The van der Waals surface area contributed by atoms with E-state index in [9.17, 15) is 0 Å². The van der Waals surface area contributed by atoms with Crippen LogP contribution >= 0.6 is 0 Å². The largest absolute Gasteiger partial charge is 0.489 e. The zero-order valence-corrected chi connectivity index (χ0v) is 14.9. The zero-order chi connectivity index (χ0) is 17.3. The molecule has 25 heavy (non-hydrogen) atoms. The van der Waals surface area contributed by atoms with Crippen molar-refractivity contribution in [2.24, 2.45) is 0 Å². The summed E-state index contributed by atoms with van der Waals surface area (Å²) >= 11 is 0. The smallest absolute Gasteiger partial charge is 0.126 e. The number of aryl methyl sites for hydroxylation is 1. The Balaban J connectivity index is 1.50. The number of benzene rings is 2. The Hall–Kier alpha value is -2.04. The molecule has 4 nitrogen and oxygen atoms in total. The van der Waals surface area contributed by atoms with Crippen molar-refractivity contribution in [3.63, 3.8) is 0 Å². The van der Waals surface area contributed by atoms with Gasteiger partial charge in [0, 0.05) is 26.3 Å². The second kappa shape index (κ2) is 9.44. The number of fused-ring (bicyclic) bond motifs is 1. The predicted molar refractivity (Wildman–Crippen MR) is 99.3 cm³/mol. The van der Waals surface area contributed by atoms with Crippen molar-refractivity contribution in [2.45, 2.75) is 32.0 Å². The van der Waals surface area contributed by atoms with Gasteiger partial charge in [-0.05, 0) is 43.0 Å². The van der Waals surface area contributed by atoms with E-state index in [4.69, 9.17) is 14.2 Å². The monoisotopic (exact) mass is 341 g/mol. The molecule has 0 aliphatic carbocycles. The Labute approximate surface area is 150 Å². The van der Waals surface area contributed by atoms with Gasteiger partial charge in [0.25, 0.3) is 0 Å². The summed E-state index contributed by atoms with van der Waals surface area (Å²) in [7, 11) is 1.73. The van der Waals surface area contributed by atoms with E-state index in [0.29, 0.717) is 6.61 Å². The van der Waals surface area contributed by atoms with E-state index < -0.39 is 0 Å². The van der Waals surface area contributed by atoms with Crippen LogP contribution in [0.3, 0.4) is 0 Å². The molecule has 2 aromatic rings. The van der Waals surface area contributed by atoms with Crippen LogP contribution in [0.25, 0.3) is 0 Å². The highest BCUT2D eigenvalue weighted by Gasteiger charge is 2.19. The highest BCUT2D eigenvalue weighted by atomic mass is 16.5. The molecule has 1 atom stereocenters. The van der Waals surface area contributed by atoms with Gasteiger partial charge >= 0.3 is 0 Å². The summed E-state index contributed by atoms with van der Waals surface area (Å²) in [6.45, 7) is 3.20. The van der Waals surface area contributed by atoms with E-state index in [0.717, 1.165) is 50.5 Å². The molecule has 134 valence electrons. The first-order valence-electron chi connectivity index (χ1n) is 9.01. The second-order valence-electron chi connectivity index (χ2n) is 6.37. The molecule has 0 amide bonds. The van der Waals surface area contributed by atoms with Crippen molar-refractivity contribution in [1.82, 2.24) is 5.32 Å². The number of methoxy groups -OCH3 is 1. The molecule has 0 bridgehead atoms. The van der Waals surface area contributed by atoms with Crippen LogP contribution in [0.2, 0.25) is 0 Å². The van der Waals surface area contributed by atoms with Gasteiger partial charge in [0.05, 0.1) is 0 Å². The highest BCUT2D eigenvalue weighted by molar-refractivity contribution is 5.42. The van der Waals surface area contributed by atoms with Gasteiger partial charge in [-0.25, -0.2) is 0 Å². The molecule has 0 saturated carbocycles. The number of ether oxygens (including phenoxy) is 3. The maximum atomic E-state index is 6.16. The van der Waals surface area contributed by atoms with E-state index in [2.05, 4.69) is 23.5 Å². The van der Waals surface area contributed by atoms with Crippen molar-refractivity contribution in [1.29, 1.82) is 0 Å². The number of nitrogens with one attached hydrogen (secondary N) is 1. The Kier molecular flexibility index (Phi) is 6.71. The van der Waals surface area contributed by atoms with Crippen molar-refractivity contribution < 1.29 is 14.2 Å². The topological polar surface area (TPSA) is 39.7 Å². The van der Waals surface area contributed by atoms with Crippen LogP contribution in [0.5, 0.6) is 11.5 Å². The fraction of sp³-hybridized carbons (Fsp3) is 0.429. The first-order valence-corrected chi connectivity index (χ1v) is 9.01. The molecule has 0 unspecified atom stereocenters. The second-order valence-corrected chi connectivity index (χ2v) is 6.37. The summed E-state index contributed by atoms with van der Waals surface area (Å²) in [5.74, 6) is 1.82. The van der Waals surface area contributed by atoms with Crippen LogP contribution in [0.15, 0.2) is 48.5 Å². The van der Waals surface area contributed by atoms with Gasteiger partial charge in [-0.15, -0.1) is 0 Å². The minimum absolute atomic E-state index is 0.222. The standard InChI is InChI=1S/C21H27NO3/c1-23-13-5-12-22-15-20-11-9-18-8-10-19(14-21(18)25-20)24-16-17-6-3-2-4-7-17/h2-4,6-8,10,14,20,22H,5,9,11-13,15-16H2,1H3/t20-/m1/s1. The lowest BCUT2D eigenvalue weighted by Gasteiger charge is -2.27. The Morgan fingerprint density at radius 1 is 1.16 bits per heavy atom. The van der Waals surface area contributed by atoms with Gasteiger partial charge in [0.2, 0.25) is 0 Å². The van der Waals surface area contributed by atoms with E-state index >= 15 is 0 Å². The molecule has 1 heterocycles. The predicted octanol–water partition coefficient (Wildman–Crippen LogP) is 3.59.